The van der Waals surface area contributed by atoms with Gasteiger partial charge in [0, 0.05) is 13.1 Å². The number of carbonyl (C=O) groups excluding carboxylic acids is 1. The highest BCUT2D eigenvalue weighted by molar-refractivity contribution is 5.68. The Morgan fingerprint density at radius 1 is 1.16 bits per heavy atom. The van der Waals surface area contributed by atoms with Crippen LogP contribution in [0.5, 0.6) is 0 Å². The van der Waals surface area contributed by atoms with E-state index < -0.39 is 5.60 Å². The average molecular weight is 344 g/mol. The molecular weight excluding hydrogens is 310 g/mol. The molecular formula is C22H33NO2. The smallest absolute Gasteiger partial charge is 0.410 e. The van der Waals surface area contributed by atoms with E-state index in [0.717, 1.165) is 45.2 Å². The van der Waals surface area contributed by atoms with E-state index in [4.69, 9.17) is 4.74 Å². The summed E-state index contributed by atoms with van der Waals surface area (Å²) in [4.78, 5) is 13.9. The number of likely N-dealkylation sites (tertiary alicyclic amines) is 1. The lowest BCUT2D eigenvalue weighted by atomic mass is 9.93. The molecule has 25 heavy (non-hydrogen) atoms. The maximum Gasteiger partial charge on any atom is 0.410 e. The van der Waals surface area contributed by atoms with Crippen LogP contribution in [0.4, 0.5) is 4.79 Å². The summed E-state index contributed by atoms with van der Waals surface area (Å²) in [6.45, 7) is 7.39. The summed E-state index contributed by atoms with van der Waals surface area (Å²) < 4.78 is 5.45. The first-order valence-corrected chi connectivity index (χ1v) is 9.61. The van der Waals surface area contributed by atoms with E-state index in [1.807, 2.05) is 25.7 Å². The summed E-state index contributed by atoms with van der Waals surface area (Å²) in [5, 5.41) is 0. The maximum absolute atomic E-state index is 12.1. The molecule has 0 spiro atoms. The molecule has 1 saturated heterocycles. The Labute approximate surface area is 153 Å². The van der Waals surface area contributed by atoms with Gasteiger partial charge >= 0.3 is 6.09 Å². The van der Waals surface area contributed by atoms with Gasteiger partial charge in [0.1, 0.15) is 5.60 Å². The van der Waals surface area contributed by atoms with Gasteiger partial charge in [0.15, 0.2) is 0 Å². The molecule has 3 heteroatoms. The molecule has 1 fully saturated rings. The lowest BCUT2D eigenvalue weighted by Crippen LogP contribution is -2.41. The monoisotopic (exact) mass is 343 g/mol. The molecule has 0 N–H and O–H groups in total. The van der Waals surface area contributed by atoms with Crippen LogP contribution in [0.25, 0.3) is 0 Å². The standard InChI is InChI=1S/C22H33NO2/c1-22(2,3)25-21(24)23-17-15-20(16-18-23)14-8-5-4-7-11-19-12-9-6-10-13-19/h5-6,8-10,12-13,20H,4,7,11,14-18H2,1-3H3/b8-5+. The number of aryl methyl sites for hydroxylation is 1. The van der Waals surface area contributed by atoms with Crippen LogP contribution in [-0.2, 0) is 11.2 Å². The Hall–Kier alpha value is -1.77. The van der Waals surface area contributed by atoms with Crippen molar-refractivity contribution >= 4 is 6.09 Å². The molecule has 0 saturated carbocycles. The fraction of sp³-hybridized carbons (Fsp3) is 0.591. The molecule has 1 aliphatic heterocycles. The predicted molar refractivity (Wildman–Crippen MR) is 104 cm³/mol. The number of allylic oxidation sites excluding steroid dienone is 2. The van der Waals surface area contributed by atoms with E-state index in [0.29, 0.717) is 5.92 Å². The van der Waals surface area contributed by atoms with Gasteiger partial charge in [-0.1, -0.05) is 42.5 Å². The number of benzene rings is 1. The lowest BCUT2D eigenvalue weighted by Gasteiger charge is -2.33. The first-order chi connectivity index (χ1) is 11.9. The van der Waals surface area contributed by atoms with E-state index in [9.17, 15) is 4.79 Å². The molecule has 1 aromatic carbocycles. The van der Waals surface area contributed by atoms with Gasteiger partial charge in [0.2, 0.25) is 0 Å². The third kappa shape index (κ3) is 7.76. The molecule has 3 nitrogen and oxygen atoms in total. The molecule has 1 heterocycles. The number of nitrogens with zero attached hydrogens (tertiary/aromatic N) is 1. The van der Waals surface area contributed by atoms with Crippen LogP contribution in [0.3, 0.4) is 0 Å². The number of rotatable bonds is 6. The van der Waals surface area contributed by atoms with Gasteiger partial charge in [-0.25, -0.2) is 4.79 Å². The minimum absolute atomic E-state index is 0.164. The number of carbonyl (C=O) groups is 1. The average Bonchev–Trinajstić information content (AvgIpc) is 2.58. The second kappa shape index (κ2) is 9.65. The topological polar surface area (TPSA) is 29.5 Å². The lowest BCUT2D eigenvalue weighted by molar-refractivity contribution is 0.0185. The van der Waals surface area contributed by atoms with Gasteiger partial charge in [0.25, 0.3) is 0 Å². The normalized spacial score (nSPS) is 16.4. The summed E-state index contributed by atoms with van der Waals surface area (Å²) in [7, 11) is 0. The van der Waals surface area contributed by atoms with Gasteiger partial charge in [0.05, 0.1) is 0 Å². The molecule has 0 aromatic heterocycles. The molecule has 0 atom stereocenters. The maximum atomic E-state index is 12.1. The van der Waals surface area contributed by atoms with Gasteiger partial charge in [-0.2, -0.15) is 0 Å². The number of unbranched alkanes of at least 4 members (excludes halogenated alkanes) is 1. The van der Waals surface area contributed by atoms with Crippen molar-refractivity contribution in [3.63, 3.8) is 0 Å². The van der Waals surface area contributed by atoms with Crippen molar-refractivity contribution in [1.82, 2.24) is 4.90 Å². The molecule has 0 radical (unpaired) electrons. The van der Waals surface area contributed by atoms with Crippen molar-refractivity contribution < 1.29 is 9.53 Å². The number of hydrogen-bond acceptors (Lipinski definition) is 2. The van der Waals surface area contributed by atoms with Crippen molar-refractivity contribution in [2.24, 2.45) is 5.92 Å². The van der Waals surface area contributed by atoms with E-state index in [-0.39, 0.29) is 6.09 Å². The van der Waals surface area contributed by atoms with Gasteiger partial charge < -0.3 is 9.64 Å². The van der Waals surface area contributed by atoms with Crippen LogP contribution in [-0.4, -0.2) is 29.7 Å². The van der Waals surface area contributed by atoms with Crippen LogP contribution in [0, 0.1) is 5.92 Å². The van der Waals surface area contributed by atoms with Gasteiger partial charge in [-0.05, 0) is 70.8 Å². The molecule has 1 aliphatic rings. The second-order valence-electron chi connectivity index (χ2n) is 8.00. The SMILES string of the molecule is CC(C)(C)OC(=O)N1CCC(C/C=C/CCCc2ccccc2)CC1. The molecule has 2 rings (SSSR count). The molecule has 0 aliphatic carbocycles. The fourth-order valence-electron chi connectivity index (χ4n) is 3.15. The van der Waals surface area contributed by atoms with Crippen LogP contribution in [0.15, 0.2) is 42.5 Å². The molecule has 0 bridgehead atoms. The zero-order valence-corrected chi connectivity index (χ0v) is 16.0. The second-order valence-corrected chi connectivity index (χ2v) is 8.00. The predicted octanol–water partition coefficient (Wildman–Crippen LogP) is 5.60. The molecule has 138 valence electrons. The van der Waals surface area contributed by atoms with Crippen LogP contribution < -0.4 is 0 Å². The number of amides is 1. The third-order valence-electron chi connectivity index (χ3n) is 4.58. The van der Waals surface area contributed by atoms with Crippen LogP contribution in [0.2, 0.25) is 0 Å². The van der Waals surface area contributed by atoms with Crippen LogP contribution >= 0.6 is 0 Å². The Morgan fingerprint density at radius 2 is 1.84 bits per heavy atom. The number of hydrogen-bond donors (Lipinski definition) is 0. The first kappa shape index (κ1) is 19.6. The highest BCUT2D eigenvalue weighted by atomic mass is 16.6. The van der Waals surface area contributed by atoms with Crippen molar-refractivity contribution in [3.8, 4) is 0 Å². The Bertz CT molecular complexity index is 537. The Balaban J connectivity index is 1.58. The summed E-state index contributed by atoms with van der Waals surface area (Å²) in [6, 6.07) is 10.7. The Morgan fingerprint density at radius 3 is 2.48 bits per heavy atom. The van der Waals surface area contributed by atoms with E-state index in [2.05, 4.69) is 42.5 Å². The van der Waals surface area contributed by atoms with Crippen molar-refractivity contribution in [1.29, 1.82) is 0 Å². The van der Waals surface area contributed by atoms with E-state index in [1.54, 1.807) is 0 Å². The molecule has 1 aromatic rings. The molecule has 0 unspecified atom stereocenters. The summed E-state index contributed by atoms with van der Waals surface area (Å²) in [6.07, 6.45) is 11.3. The van der Waals surface area contributed by atoms with Crippen molar-refractivity contribution in [2.75, 3.05) is 13.1 Å². The van der Waals surface area contributed by atoms with Crippen LogP contribution in [0.1, 0.15) is 58.4 Å². The zero-order valence-electron chi connectivity index (χ0n) is 16.0. The summed E-state index contributed by atoms with van der Waals surface area (Å²) in [5.74, 6) is 0.698. The number of piperidine rings is 1. The quantitative estimate of drug-likeness (QED) is 0.497. The first-order valence-electron chi connectivity index (χ1n) is 9.61. The van der Waals surface area contributed by atoms with Gasteiger partial charge in [-0.15, -0.1) is 0 Å². The largest absolute Gasteiger partial charge is 0.444 e. The summed E-state index contributed by atoms with van der Waals surface area (Å²) in [5.41, 5.74) is 1.02. The number of ether oxygens (including phenoxy) is 1. The van der Waals surface area contributed by atoms with Gasteiger partial charge in [-0.3, -0.25) is 0 Å². The highest BCUT2D eigenvalue weighted by Crippen LogP contribution is 2.22. The minimum atomic E-state index is -0.406. The minimum Gasteiger partial charge on any atom is -0.444 e. The molecule has 1 amide bonds. The van der Waals surface area contributed by atoms with Crippen molar-refractivity contribution in [2.45, 2.75) is 64.9 Å². The zero-order chi connectivity index (χ0) is 18.1. The fourth-order valence-corrected chi connectivity index (χ4v) is 3.15. The van der Waals surface area contributed by atoms with E-state index in [1.165, 1.54) is 12.0 Å². The summed E-state index contributed by atoms with van der Waals surface area (Å²) >= 11 is 0. The van der Waals surface area contributed by atoms with E-state index >= 15 is 0 Å². The Kier molecular flexibility index (Phi) is 7.54. The highest BCUT2D eigenvalue weighted by Gasteiger charge is 2.26. The third-order valence-corrected chi connectivity index (χ3v) is 4.58. The van der Waals surface area contributed by atoms with Crippen molar-refractivity contribution in [3.05, 3.63) is 48.0 Å².